The number of alkyl halides is 3. The van der Waals surface area contributed by atoms with E-state index in [2.05, 4.69) is 5.32 Å². The molecule has 0 fully saturated rings. The highest BCUT2D eigenvalue weighted by Crippen LogP contribution is 2.36. The molecule has 5 nitrogen and oxygen atoms in total. The van der Waals surface area contributed by atoms with Crippen molar-refractivity contribution >= 4 is 11.7 Å². The average molecular weight is 324 g/mol. The van der Waals surface area contributed by atoms with Gasteiger partial charge in [-0.25, -0.2) is 9.18 Å². The van der Waals surface area contributed by atoms with Crippen LogP contribution < -0.4 is 10.6 Å². The van der Waals surface area contributed by atoms with E-state index in [1.807, 2.05) is 5.32 Å². The van der Waals surface area contributed by atoms with E-state index in [-0.39, 0.29) is 0 Å². The lowest BCUT2D eigenvalue weighted by molar-refractivity contribution is -0.137. The van der Waals surface area contributed by atoms with E-state index in [4.69, 9.17) is 9.47 Å². The molecule has 1 aromatic rings. The summed E-state index contributed by atoms with van der Waals surface area (Å²) in [6.07, 6.45) is -5.59. The standard InChI is InChI=1S/C13H16F4N2O3/c1-7(11(21-2)22-3)18-12(20)19-10-8(13(15,16)17)5-4-6-9(10)14/h4-7,11H,1-3H3,(H2,18,19,20). The Morgan fingerprint density at radius 2 is 1.82 bits per heavy atom. The number of carbonyl (C=O) groups is 1. The number of amides is 2. The molecule has 22 heavy (non-hydrogen) atoms. The third-order valence-corrected chi connectivity index (χ3v) is 2.79. The van der Waals surface area contributed by atoms with Gasteiger partial charge in [0.05, 0.1) is 17.3 Å². The van der Waals surface area contributed by atoms with E-state index < -0.39 is 41.6 Å². The highest BCUT2D eigenvalue weighted by molar-refractivity contribution is 5.90. The number of urea groups is 1. The first-order valence-corrected chi connectivity index (χ1v) is 6.19. The lowest BCUT2D eigenvalue weighted by Crippen LogP contribution is -2.45. The number of ether oxygens (including phenoxy) is 2. The van der Waals surface area contributed by atoms with Gasteiger partial charge in [0.1, 0.15) is 5.82 Å². The molecule has 0 saturated heterocycles. The lowest BCUT2D eigenvalue weighted by atomic mass is 10.1. The number of rotatable bonds is 5. The topological polar surface area (TPSA) is 59.6 Å². The van der Waals surface area contributed by atoms with Gasteiger partial charge in [0.2, 0.25) is 0 Å². The van der Waals surface area contributed by atoms with E-state index in [0.29, 0.717) is 6.07 Å². The van der Waals surface area contributed by atoms with Gasteiger partial charge >= 0.3 is 12.2 Å². The normalized spacial score (nSPS) is 13.1. The Hall–Kier alpha value is -1.87. The first kappa shape index (κ1) is 18.2. The third-order valence-electron chi connectivity index (χ3n) is 2.79. The highest BCUT2D eigenvalue weighted by Gasteiger charge is 2.35. The molecule has 0 bridgehead atoms. The molecule has 0 aliphatic rings. The van der Waals surface area contributed by atoms with Crippen LogP contribution in [-0.2, 0) is 15.7 Å². The van der Waals surface area contributed by atoms with E-state index in [9.17, 15) is 22.4 Å². The Labute approximate surface area is 124 Å². The van der Waals surface area contributed by atoms with Crippen molar-refractivity contribution < 1.29 is 31.8 Å². The van der Waals surface area contributed by atoms with Gasteiger partial charge in [0.15, 0.2) is 6.29 Å². The van der Waals surface area contributed by atoms with Gasteiger partial charge < -0.3 is 20.1 Å². The fourth-order valence-electron chi connectivity index (χ4n) is 1.82. The first-order chi connectivity index (χ1) is 10.2. The minimum atomic E-state index is -4.79. The predicted molar refractivity (Wildman–Crippen MR) is 70.8 cm³/mol. The second-order valence-corrected chi connectivity index (χ2v) is 4.39. The zero-order valence-corrected chi connectivity index (χ0v) is 12.1. The summed E-state index contributed by atoms with van der Waals surface area (Å²) in [5.74, 6) is -1.19. The number of hydrogen-bond acceptors (Lipinski definition) is 3. The molecule has 0 heterocycles. The fraction of sp³-hybridized carbons (Fsp3) is 0.462. The minimum absolute atomic E-state index is 0.670. The van der Waals surface area contributed by atoms with E-state index >= 15 is 0 Å². The SMILES string of the molecule is COC(OC)C(C)NC(=O)Nc1c(F)cccc1C(F)(F)F. The maximum absolute atomic E-state index is 13.6. The molecule has 2 amide bonds. The summed E-state index contributed by atoms with van der Waals surface area (Å²) in [6, 6.07) is 0.727. The zero-order valence-electron chi connectivity index (χ0n) is 12.1. The summed E-state index contributed by atoms with van der Waals surface area (Å²) >= 11 is 0. The Bertz CT molecular complexity index is 518. The van der Waals surface area contributed by atoms with Crippen molar-refractivity contribution in [2.24, 2.45) is 0 Å². The van der Waals surface area contributed by atoms with E-state index in [0.717, 1.165) is 12.1 Å². The van der Waals surface area contributed by atoms with Crippen LogP contribution in [0.15, 0.2) is 18.2 Å². The van der Waals surface area contributed by atoms with Gasteiger partial charge in [-0.1, -0.05) is 6.07 Å². The van der Waals surface area contributed by atoms with Crippen molar-refractivity contribution in [3.63, 3.8) is 0 Å². The van der Waals surface area contributed by atoms with Crippen molar-refractivity contribution in [2.75, 3.05) is 19.5 Å². The molecule has 0 radical (unpaired) electrons. The molecular weight excluding hydrogens is 308 g/mol. The van der Waals surface area contributed by atoms with E-state index in [1.165, 1.54) is 21.1 Å². The number of anilines is 1. The van der Waals surface area contributed by atoms with Crippen molar-refractivity contribution in [3.05, 3.63) is 29.6 Å². The van der Waals surface area contributed by atoms with E-state index in [1.54, 1.807) is 0 Å². The van der Waals surface area contributed by atoms with Crippen molar-refractivity contribution in [3.8, 4) is 0 Å². The Morgan fingerprint density at radius 1 is 1.23 bits per heavy atom. The Kier molecular flexibility index (Phi) is 6.12. The molecule has 0 aliphatic carbocycles. The summed E-state index contributed by atoms with van der Waals surface area (Å²) in [4.78, 5) is 11.7. The highest BCUT2D eigenvalue weighted by atomic mass is 19.4. The van der Waals surface area contributed by atoms with Gasteiger partial charge in [-0.3, -0.25) is 0 Å². The maximum atomic E-state index is 13.6. The second kappa shape index (κ2) is 7.41. The maximum Gasteiger partial charge on any atom is 0.418 e. The molecule has 1 aromatic carbocycles. The molecule has 0 aliphatic heterocycles. The zero-order chi connectivity index (χ0) is 16.9. The largest absolute Gasteiger partial charge is 0.418 e. The molecule has 124 valence electrons. The Morgan fingerprint density at radius 3 is 2.32 bits per heavy atom. The number of nitrogens with one attached hydrogen (secondary N) is 2. The molecule has 9 heteroatoms. The Balaban J connectivity index is 2.89. The monoisotopic (exact) mass is 324 g/mol. The number of hydrogen-bond donors (Lipinski definition) is 2. The molecule has 1 atom stereocenters. The predicted octanol–water partition coefficient (Wildman–Crippen LogP) is 2.97. The van der Waals surface area contributed by atoms with Crippen LogP contribution >= 0.6 is 0 Å². The summed E-state index contributed by atoms with van der Waals surface area (Å²) in [5.41, 5.74) is -2.21. The van der Waals surface area contributed by atoms with Gasteiger partial charge in [-0.05, 0) is 19.1 Å². The third kappa shape index (κ3) is 4.57. The molecule has 0 spiro atoms. The van der Waals surface area contributed by atoms with Crippen molar-refractivity contribution in [1.29, 1.82) is 0 Å². The molecule has 1 rings (SSSR count). The molecule has 0 aromatic heterocycles. The van der Waals surface area contributed by atoms with Crippen LogP contribution in [0.1, 0.15) is 12.5 Å². The first-order valence-electron chi connectivity index (χ1n) is 6.19. The number of halogens is 4. The minimum Gasteiger partial charge on any atom is -0.354 e. The van der Waals surface area contributed by atoms with Crippen molar-refractivity contribution in [2.45, 2.75) is 25.4 Å². The van der Waals surface area contributed by atoms with Crippen LogP contribution in [0.25, 0.3) is 0 Å². The molecule has 2 N–H and O–H groups in total. The summed E-state index contributed by atoms with van der Waals surface area (Å²) in [5, 5.41) is 4.17. The number of carbonyl (C=O) groups excluding carboxylic acids is 1. The lowest BCUT2D eigenvalue weighted by Gasteiger charge is -2.22. The summed E-state index contributed by atoms with van der Waals surface area (Å²) in [6.45, 7) is 1.52. The fourth-order valence-corrected chi connectivity index (χ4v) is 1.82. The van der Waals surface area contributed by atoms with Gasteiger partial charge in [0, 0.05) is 14.2 Å². The second-order valence-electron chi connectivity index (χ2n) is 4.39. The van der Waals surface area contributed by atoms with Crippen LogP contribution in [0.2, 0.25) is 0 Å². The van der Waals surface area contributed by atoms with Crippen LogP contribution in [0, 0.1) is 5.82 Å². The van der Waals surface area contributed by atoms with Crippen molar-refractivity contribution in [1.82, 2.24) is 5.32 Å². The van der Waals surface area contributed by atoms with Gasteiger partial charge in [-0.15, -0.1) is 0 Å². The number of benzene rings is 1. The van der Waals surface area contributed by atoms with Crippen LogP contribution in [0.5, 0.6) is 0 Å². The molecule has 0 saturated carbocycles. The van der Waals surface area contributed by atoms with Gasteiger partial charge in [-0.2, -0.15) is 13.2 Å². The quantitative estimate of drug-likeness (QED) is 0.647. The van der Waals surface area contributed by atoms with Crippen LogP contribution in [0.3, 0.4) is 0 Å². The number of methoxy groups -OCH3 is 2. The number of para-hydroxylation sites is 1. The smallest absolute Gasteiger partial charge is 0.354 e. The molecule has 1 unspecified atom stereocenters. The average Bonchev–Trinajstić information content (AvgIpc) is 2.41. The summed E-state index contributed by atoms with van der Waals surface area (Å²) < 4.78 is 61.8. The van der Waals surface area contributed by atoms with Gasteiger partial charge in [0.25, 0.3) is 0 Å². The van der Waals surface area contributed by atoms with Crippen LogP contribution in [-0.4, -0.2) is 32.6 Å². The van der Waals surface area contributed by atoms with Crippen LogP contribution in [0.4, 0.5) is 28.0 Å². The molecular formula is C13H16F4N2O3. The summed E-state index contributed by atoms with van der Waals surface area (Å²) in [7, 11) is 2.67.